The third-order valence-electron chi connectivity index (χ3n) is 3.00. The van der Waals surface area contributed by atoms with E-state index in [0.717, 1.165) is 0 Å². The third kappa shape index (κ3) is 4.69. The van der Waals surface area contributed by atoms with Crippen LogP contribution in [-0.4, -0.2) is 19.4 Å². The molecule has 24 heavy (non-hydrogen) atoms. The molecular formula is C16H15BrFN3O3. The summed E-state index contributed by atoms with van der Waals surface area (Å²) in [5.74, 6) is 0.541. The van der Waals surface area contributed by atoms with Gasteiger partial charge in [0.2, 0.25) is 0 Å². The van der Waals surface area contributed by atoms with Crippen molar-refractivity contribution in [1.82, 2.24) is 5.43 Å². The number of hydrogen-bond donors (Lipinski definition) is 2. The molecule has 0 saturated heterocycles. The van der Waals surface area contributed by atoms with Crippen molar-refractivity contribution in [3.63, 3.8) is 0 Å². The Morgan fingerprint density at radius 1 is 1.38 bits per heavy atom. The molecule has 8 heteroatoms. The van der Waals surface area contributed by atoms with Crippen LogP contribution in [0.3, 0.4) is 0 Å². The maximum absolute atomic E-state index is 13.6. The van der Waals surface area contributed by atoms with Gasteiger partial charge < -0.3 is 15.2 Å². The van der Waals surface area contributed by atoms with Gasteiger partial charge in [-0.25, -0.2) is 14.6 Å². The molecule has 0 unspecified atom stereocenters. The fourth-order valence-corrected chi connectivity index (χ4v) is 2.28. The molecule has 0 radical (unpaired) electrons. The van der Waals surface area contributed by atoms with Crippen molar-refractivity contribution < 1.29 is 18.7 Å². The summed E-state index contributed by atoms with van der Waals surface area (Å²) in [6.45, 7) is 0.0616. The molecule has 2 rings (SSSR count). The van der Waals surface area contributed by atoms with E-state index in [2.05, 4.69) is 26.5 Å². The van der Waals surface area contributed by atoms with Gasteiger partial charge in [-0.15, -0.1) is 0 Å². The maximum Gasteiger partial charge on any atom is 0.332 e. The van der Waals surface area contributed by atoms with Crippen LogP contribution in [0.4, 0.5) is 9.18 Å². The largest absolute Gasteiger partial charge is 0.493 e. The normalized spacial score (nSPS) is 10.6. The number of nitrogens with two attached hydrogens (primary N) is 1. The second-order valence-electron chi connectivity index (χ2n) is 4.64. The summed E-state index contributed by atoms with van der Waals surface area (Å²) in [7, 11) is 1.49. The van der Waals surface area contributed by atoms with Gasteiger partial charge in [-0.2, -0.15) is 5.10 Å². The van der Waals surface area contributed by atoms with Crippen molar-refractivity contribution in [2.75, 3.05) is 7.11 Å². The van der Waals surface area contributed by atoms with E-state index >= 15 is 0 Å². The number of ether oxygens (including phenoxy) is 2. The lowest BCUT2D eigenvalue weighted by molar-refractivity contribution is 0.249. The summed E-state index contributed by atoms with van der Waals surface area (Å²) in [6, 6.07) is 8.94. The van der Waals surface area contributed by atoms with Gasteiger partial charge in [0.1, 0.15) is 12.4 Å². The minimum Gasteiger partial charge on any atom is -0.493 e. The number of benzene rings is 2. The van der Waals surface area contributed by atoms with E-state index in [9.17, 15) is 9.18 Å². The molecule has 2 aromatic carbocycles. The van der Waals surface area contributed by atoms with Crippen LogP contribution in [0.5, 0.6) is 11.5 Å². The SMILES string of the molecule is COc1cc(/C=N\NC(N)=O)c(Br)cc1OCc1ccccc1F. The zero-order chi connectivity index (χ0) is 17.5. The molecule has 0 bridgehead atoms. The van der Waals surface area contributed by atoms with E-state index in [1.807, 2.05) is 0 Å². The topological polar surface area (TPSA) is 85.9 Å². The lowest BCUT2D eigenvalue weighted by atomic mass is 10.2. The molecule has 0 atom stereocenters. The van der Waals surface area contributed by atoms with Crippen LogP contribution in [0.25, 0.3) is 0 Å². The molecule has 2 aromatic rings. The number of hydrogen-bond acceptors (Lipinski definition) is 4. The number of primary amides is 1. The summed E-state index contributed by atoms with van der Waals surface area (Å²) in [6.07, 6.45) is 1.40. The van der Waals surface area contributed by atoms with Crippen molar-refractivity contribution in [2.45, 2.75) is 6.61 Å². The smallest absolute Gasteiger partial charge is 0.332 e. The van der Waals surface area contributed by atoms with E-state index in [1.54, 1.807) is 30.3 Å². The summed E-state index contributed by atoms with van der Waals surface area (Å²) in [5, 5.41) is 3.69. The van der Waals surface area contributed by atoms with Crippen molar-refractivity contribution in [3.8, 4) is 11.5 Å². The molecule has 0 aliphatic carbocycles. The number of carbonyl (C=O) groups is 1. The first kappa shape index (κ1) is 17.7. The molecule has 0 saturated carbocycles. The number of halogens is 2. The monoisotopic (exact) mass is 395 g/mol. The van der Waals surface area contributed by atoms with Gasteiger partial charge in [0.05, 0.1) is 13.3 Å². The summed E-state index contributed by atoms with van der Waals surface area (Å²) in [4.78, 5) is 10.6. The number of urea groups is 1. The highest BCUT2D eigenvalue weighted by molar-refractivity contribution is 9.10. The van der Waals surface area contributed by atoms with Gasteiger partial charge in [0.25, 0.3) is 0 Å². The summed E-state index contributed by atoms with van der Waals surface area (Å²) < 4.78 is 25.2. The highest BCUT2D eigenvalue weighted by Gasteiger charge is 2.11. The average Bonchev–Trinajstić information content (AvgIpc) is 2.55. The van der Waals surface area contributed by atoms with Crippen molar-refractivity contribution in [1.29, 1.82) is 0 Å². The van der Waals surface area contributed by atoms with Crippen molar-refractivity contribution in [3.05, 3.63) is 57.8 Å². The number of nitrogens with one attached hydrogen (secondary N) is 1. The molecule has 0 heterocycles. The fourth-order valence-electron chi connectivity index (χ4n) is 1.86. The van der Waals surface area contributed by atoms with Crippen LogP contribution in [0, 0.1) is 5.82 Å². The van der Waals surface area contributed by atoms with Crippen molar-refractivity contribution >= 4 is 28.2 Å². The van der Waals surface area contributed by atoms with Gasteiger partial charge >= 0.3 is 6.03 Å². The third-order valence-corrected chi connectivity index (χ3v) is 3.69. The summed E-state index contributed by atoms with van der Waals surface area (Å²) in [5.41, 5.74) is 8.11. The van der Waals surface area contributed by atoms with E-state index in [0.29, 0.717) is 27.1 Å². The second kappa shape index (κ2) is 8.30. The number of rotatable bonds is 6. The Hall–Kier alpha value is -2.61. The molecule has 0 aromatic heterocycles. The van der Waals surface area contributed by atoms with E-state index < -0.39 is 6.03 Å². The Bertz CT molecular complexity index is 768. The molecular weight excluding hydrogens is 381 g/mol. The maximum atomic E-state index is 13.6. The average molecular weight is 396 g/mol. The Kier molecular flexibility index (Phi) is 6.14. The van der Waals surface area contributed by atoms with Gasteiger partial charge in [0, 0.05) is 15.6 Å². The molecule has 3 N–H and O–H groups in total. The van der Waals surface area contributed by atoms with Gasteiger partial charge in [-0.3, -0.25) is 0 Å². The Labute approximate surface area is 146 Å². The molecule has 2 amide bonds. The second-order valence-corrected chi connectivity index (χ2v) is 5.49. The minimum atomic E-state index is -0.765. The molecule has 0 aliphatic rings. The lowest BCUT2D eigenvalue weighted by Crippen LogP contribution is -2.24. The van der Waals surface area contributed by atoms with Crippen LogP contribution >= 0.6 is 15.9 Å². The van der Waals surface area contributed by atoms with E-state index in [4.69, 9.17) is 15.2 Å². The van der Waals surface area contributed by atoms with Gasteiger partial charge in [0.15, 0.2) is 11.5 Å². The number of amides is 2. The van der Waals surface area contributed by atoms with Crippen LogP contribution in [0.2, 0.25) is 0 Å². The van der Waals surface area contributed by atoms with Gasteiger partial charge in [-0.1, -0.05) is 18.2 Å². The highest BCUT2D eigenvalue weighted by atomic mass is 79.9. The molecule has 0 fully saturated rings. The van der Waals surface area contributed by atoms with Crippen LogP contribution in [-0.2, 0) is 6.61 Å². The Morgan fingerprint density at radius 3 is 2.79 bits per heavy atom. The first-order chi connectivity index (χ1) is 11.5. The first-order valence-corrected chi connectivity index (χ1v) is 7.63. The van der Waals surface area contributed by atoms with E-state index in [-0.39, 0.29) is 12.4 Å². The summed E-state index contributed by atoms with van der Waals surface area (Å²) >= 11 is 3.37. The molecule has 126 valence electrons. The number of methoxy groups -OCH3 is 1. The standard InChI is InChI=1S/C16H15BrFN3O3/c1-23-14-6-11(8-20-21-16(19)22)12(17)7-15(14)24-9-10-4-2-3-5-13(10)18/h2-8H,9H2,1H3,(H3,19,21,22)/b20-8-. The quantitative estimate of drug-likeness (QED) is 0.581. The zero-order valence-electron chi connectivity index (χ0n) is 12.8. The Morgan fingerprint density at radius 2 is 2.12 bits per heavy atom. The highest BCUT2D eigenvalue weighted by Crippen LogP contribution is 2.33. The van der Waals surface area contributed by atoms with Crippen LogP contribution < -0.4 is 20.6 Å². The van der Waals surface area contributed by atoms with E-state index in [1.165, 1.54) is 19.4 Å². The molecule has 6 nitrogen and oxygen atoms in total. The predicted molar refractivity (Wildman–Crippen MR) is 91.7 cm³/mol. The van der Waals surface area contributed by atoms with Crippen LogP contribution in [0.15, 0.2) is 46.0 Å². The van der Waals surface area contributed by atoms with Gasteiger partial charge in [-0.05, 0) is 34.1 Å². The first-order valence-electron chi connectivity index (χ1n) is 6.83. The lowest BCUT2D eigenvalue weighted by Gasteiger charge is -2.13. The number of carbonyl (C=O) groups excluding carboxylic acids is 1. The Balaban J connectivity index is 2.18. The van der Waals surface area contributed by atoms with Crippen LogP contribution in [0.1, 0.15) is 11.1 Å². The fraction of sp³-hybridized carbons (Fsp3) is 0.125. The number of hydrazone groups is 1. The zero-order valence-corrected chi connectivity index (χ0v) is 14.3. The molecule has 0 aliphatic heterocycles. The molecule has 0 spiro atoms. The predicted octanol–water partition coefficient (Wildman–Crippen LogP) is 3.18. The van der Waals surface area contributed by atoms with Crippen molar-refractivity contribution in [2.24, 2.45) is 10.8 Å². The minimum absolute atomic E-state index is 0.0616. The number of nitrogens with zero attached hydrogens (tertiary/aromatic N) is 1.